The van der Waals surface area contributed by atoms with Gasteiger partial charge in [-0.15, -0.1) is 0 Å². The first-order valence-electron chi connectivity index (χ1n) is 5.54. The summed E-state index contributed by atoms with van der Waals surface area (Å²) in [6.45, 7) is 0. The van der Waals surface area contributed by atoms with E-state index in [9.17, 15) is 9.18 Å². The molecule has 19 heavy (non-hydrogen) atoms. The van der Waals surface area contributed by atoms with Crippen molar-refractivity contribution in [3.05, 3.63) is 53.8 Å². The van der Waals surface area contributed by atoms with Gasteiger partial charge in [-0.25, -0.2) is 9.18 Å². The molecule has 2 N–H and O–H groups in total. The lowest BCUT2D eigenvalue weighted by Crippen LogP contribution is -1.98. The Labute approximate surface area is 109 Å². The second-order valence-electron chi connectivity index (χ2n) is 3.85. The minimum atomic E-state index is -0.991. The van der Waals surface area contributed by atoms with Gasteiger partial charge in [0.2, 0.25) is 0 Å². The fraction of sp³-hybridized carbons (Fsp3) is 0.0714. The summed E-state index contributed by atoms with van der Waals surface area (Å²) < 4.78 is 18.3. The first-order chi connectivity index (χ1) is 9.10. The smallest absolute Gasteiger partial charge is 0.335 e. The second-order valence-corrected chi connectivity index (χ2v) is 3.85. The van der Waals surface area contributed by atoms with Crippen molar-refractivity contribution in [3.63, 3.8) is 0 Å². The lowest BCUT2D eigenvalue weighted by atomic mass is 10.2. The maximum absolute atomic E-state index is 13.2. The SMILES string of the molecule is COc1ccc(F)cc1Nc1ccc(C(=O)O)cc1. The van der Waals surface area contributed by atoms with Crippen molar-refractivity contribution < 1.29 is 19.0 Å². The maximum atomic E-state index is 13.2. The summed E-state index contributed by atoms with van der Waals surface area (Å²) in [7, 11) is 1.49. The third kappa shape index (κ3) is 3.01. The summed E-state index contributed by atoms with van der Waals surface area (Å²) >= 11 is 0. The normalized spacial score (nSPS) is 10.0. The average molecular weight is 261 g/mol. The number of carbonyl (C=O) groups is 1. The van der Waals surface area contributed by atoms with Crippen LogP contribution in [0.2, 0.25) is 0 Å². The van der Waals surface area contributed by atoms with E-state index in [-0.39, 0.29) is 11.4 Å². The highest BCUT2D eigenvalue weighted by Crippen LogP contribution is 2.28. The standard InChI is InChI=1S/C14H12FNO3/c1-19-13-7-4-10(15)8-12(13)16-11-5-2-9(3-6-11)14(17)18/h2-8,16H,1H3,(H,17,18). The molecule has 0 atom stereocenters. The number of rotatable bonds is 4. The van der Waals surface area contributed by atoms with E-state index < -0.39 is 5.97 Å². The Hall–Kier alpha value is -2.56. The molecule has 4 nitrogen and oxygen atoms in total. The Balaban J connectivity index is 2.25. The number of benzene rings is 2. The summed E-state index contributed by atoms with van der Waals surface area (Å²) in [5, 5.41) is 11.8. The van der Waals surface area contributed by atoms with Crippen LogP contribution >= 0.6 is 0 Å². The van der Waals surface area contributed by atoms with E-state index in [4.69, 9.17) is 9.84 Å². The molecule has 0 bridgehead atoms. The number of anilines is 2. The molecule has 2 rings (SSSR count). The number of nitrogens with one attached hydrogen (secondary N) is 1. The summed E-state index contributed by atoms with van der Waals surface area (Å²) in [6.07, 6.45) is 0. The molecular formula is C14H12FNO3. The molecule has 0 aliphatic carbocycles. The highest BCUT2D eigenvalue weighted by atomic mass is 19.1. The lowest BCUT2D eigenvalue weighted by Gasteiger charge is -2.11. The molecule has 98 valence electrons. The van der Waals surface area contributed by atoms with Gasteiger partial charge < -0.3 is 15.2 Å². The predicted octanol–water partition coefficient (Wildman–Crippen LogP) is 3.28. The molecule has 0 spiro atoms. The van der Waals surface area contributed by atoms with E-state index in [1.165, 1.54) is 37.4 Å². The fourth-order valence-electron chi connectivity index (χ4n) is 1.63. The molecule has 0 aromatic heterocycles. The minimum Gasteiger partial charge on any atom is -0.495 e. The Morgan fingerprint density at radius 1 is 1.21 bits per heavy atom. The Bertz CT molecular complexity index is 596. The molecule has 0 aliphatic heterocycles. The first kappa shape index (κ1) is 12.9. The highest BCUT2D eigenvalue weighted by molar-refractivity contribution is 5.88. The monoisotopic (exact) mass is 261 g/mol. The molecule has 0 unspecified atom stereocenters. The van der Waals surface area contributed by atoms with Gasteiger partial charge in [-0.2, -0.15) is 0 Å². The molecule has 0 saturated heterocycles. The van der Waals surface area contributed by atoms with E-state index in [0.29, 0.717) is 17.1 Å². The lowest BCUT2D eigenvalue weighted by molar-refractivity contribution is 0.0697. The molecule has 0 aliphatic rings. The number of hydrogen-bond acceptors (Lipinski definition) is 3. The third-order valence-corrected chi connectivity index (χ3v) is 2.57. The van der Waals surface area contributed by atoms with Gasteiger partial charge in [-0.05, 0) is 36.4 Å². The van der Waals surface area contributed by atoms with Crippen molar-refractivity contribution in [1.82, 2.24) is 0 Å². The Morgan fingerprint density at radius 2 is 1.89 bits per heavy atom. The molecule has 2 aromatic carbocycles. The van der Waals surface area contributed by atoms with Crippen LogP contribution in [0.25, 0.3) is 0 Å². The predicted molar refractivity (Wildman–Crippen MR) is 69.6 cm³/mol. The minimum absolute atomic E-state index is 0.191. The van der Waals surface area contributed by atoms with Gasteiger partial charge in [-0.1, -0.05) is 0 Å². The van der Waals surface area contributed by atoms with Crippen LogP contribution in [0.15, 0.2) is 42.5 Å². The van der Waals surface area contributed by atoms with Crippen molar-refractivity contribution in [2.45, 2.75) is 0 Å². The van der Waals surface area contributed by atoms with Crippen LogP contribution in [-0.2, 0) is 0 Å². The van der Waals surface area contributed by atoms with Gasteiger partial charge in [-0.3, -0.25) is 0 Å². The van der Waals surface area contributed by atoms with E-state index in [1.807, 2.05) is 0 Å². The quantitative estimate of drug-likeness (QED) is 0.886. The number of carboxylic acid groups (broad SMARTS) is 1. The van der Waals surface area contributed by atoms with Gasteiger partial charge >= 0.3 is 5.97 Å². The number of aromatic carboxylic acids is 1. The molecule has 0 radical (unpaired) electrons. The van der Waals surface area contributed by atoms with Crippen molar-refractivity contribution >= 4 is 17.3 Å². The number of carboxylic acids is 1. The van der Waals surface area contributed by atoms with E-state index in [1.54, 1.807) is 12.1 Å². The molecule has 0 saturated carbocycles. The maximum Gasteiger partial charge on any atom is 0.335 e. The van der Waals surface area contributed by atoms with Gasteiger partial charge in [0.15, 0.2) is 0 Å². The van der Waals surface area contributed by atoms with E-state index in [0.717, 1.165) is 0 Å². The summed E-state index contributed by atoms with van der Waals surface area (Å²) in [5.41, 5.74) is 1.32. The largest absolute Gasteiger partial charge is 0.495 e. The van der Waals surface area contributed by atoms with Crippen LogP contribution in [0.3, 0.4) is 0 Å². The number of halogens is 1. The van der Waals surface area contributed by atoms with Crippen LogP contribution in [-0.4, -0.2) is 18.2 Å². The summed E-state index contributed by atoms with van der Waals surface area (Å²) in [6, 6.07) is 10.3. The van der Waals surface area contributed by atoms with Crippen LogP contribution in [0.4, 0.5) is 15.8 Å². The molecule has 0 heterocycles. The van der Waals surface area contributed by atoms with Gasteiger partial charge in [0, 0.05) is 11.8 Å². The summed E-state index contributed by atoms with van der Waals surface area (Å²) in [5.74, 6) is -0.871. The van der Waals surface area contributed by atoms with Crippen LogP contribution in [0.5, 0.6) is 5.75 Å². The van der Waals surface area contributed by atoms with Crippen LogP contribution in [0, 0.1) is 5.82 Å². The second kappa shape index (κ2) is 5.39. The number of ether oxygens (including phenoxy) is 1. The van der Waals surface area contributed by atoms with E-state index >= 15 is 0 Å². The van der Waals surface area contributed by atoms with Crippen molar-refractivity contribution in [1.29, 1.82) is 0 Å². The van der Waals surface area contributed by atoms with E-state index in [2.05, 4.69) is 5.32 Å². The zero-order chi connectivity index (χ0) is 13.8. The first-order valence-corrected chi connectivity index (χ1v) is 5.54. The highest BCUT2D eigenvalue weighted by Gasteiger charge is 2.06. The fourth-order valence-corrected chi connectivity index (χ4v) is 1.63. The van der Waals surface area contributed by atoms with Gasteiger partial charge in [0.25, 0.3) is 0 Å². The van der Waals surface area contributed by atoms with Gasteiger partial charge in [0.1, 0.15) is 11.6 Å². The van der Waals surface area contributed by atoms with Crippen molar-refractivity contribution in [2.75, 3.05) is 12.4 Å². The molecular weight excluding hydrogens is 249 g/mol. The third-order valence-electron chi connectivity index (χ3n) is 2.57. The molecule has 0 amide bonds. The zero-order valence-corrected chi connectivity index (χ0v) is 10.2. The number of methoxy groups -OCH3 is 1. The topological polar surface area (TPSA) is 58.6 Å². The molecule has 5 heteroatoms. The Kier molecular flexibility index (Phi) is 3.66. The van der Waals surface area contributed by atoms with Gasteiger partial charge in [0.05, 0.1) is 18.4 Å². The Morgan fingerprint density at radius 3 is 2.47 bits per heavy atom. The number of hydrogen-bond donors (Lipinski definition) is 2. The summed E-state index contributed by atoms with van der Waals surface area (Å²) in [4.78, 5) is 10.7. The van der Waals surface area contributed by atoms with Crippen LogP contribution < -0.4 is 10.1 Å². The van der Waals surface area contributed by atoms with Crippen molar-refractivity contribution in [3.8, 4) is 5.75 Å². The zero-order valence-electron chi connectivity index (χ0n) is 10.2. The molecule has 0 fully saturated rings. The average Bonchev–Trinajstić information content (AvgIpc) is 2.39. The molecule has 2 aromatic rings. The van der Waals surface area contributed by atoms with Crippen LogP contribution in [0.1, 0.15) is 10.4 Å². The van der Waals surface area contributed by atoms with Crippen molar-refractivity contribution in [2.24, 2.45) is 0 Å².